The summed E-state index contributed by atoms with van der Waals surface area (Å²) < 4.78 is 15.1. The lowest BCUT2D eigenvalue weighted by Gasteiger charge is -2.06. The average Bonchev–Trinajstić information content (AvgIpc) is 2.33. The van der Waals surface area contributed by atoms with Gasteiger partial charge >= 0.3 is 0 Å². The monoisotopic (exact) mass is 250 g/mol. The second-order valence-corrected chi connectivity index (χ2v) is 3.14. The van der Waals surface area contributed by atoms with Gasteiger partial charge in [-0.25, -0.2) is 0 Å². The number of nitrogens with two attached hydrogens (primary N) is 1. The molecule has 102 valence electrons. The van der Waals surface area contributed by atoms with Gasteiger partial charge in [-0.1, -0.05) is 0 Å². The summed E-state index contributed by atoms with van der Waals surface area (Å²) in [7, 11) is 0. The number of nitrogens with one attached hydrogen (secondary N) is 1. The first kappa shape index (κ1) is 16.3. The van der Waals surface area contributed by atoms with Gasteiger partial charge in [0.25, 0.3) is 0 Å². The Hall–Kier alpha value is -0.730. The van der Waals surface area contributed by atoms with E-state index in [1.807, 2.05) is 0 Å². The third kappa shape index (κ3) is 13.2. The summed E-state index contributed by atoms with van der Waals surface area (Å²) >= 11 is 0. The van der Waals surface area contributed by atoms with E-state index in [0.717, 1.165) is 0 Å². The van der Waals surface area contributed by atoms with E-state index in [1.165, 1.54) is 0 Å². The van der Waals surface area contributed by atoms with Crippen LogP contribution in [0.4, 0.5) is 0 Å². The Morgan fingerprint density at radius 3 is 2.47 bits per heavy atom. The van der Waals surface area contributed by atoms with Gasteiger partial charge in [0.1, 0.15) is 6.61 Å². The number of amides is 1. The van der Waals surface area contributed by atoms with Gasteiger partial charge in [-0.3, -0.25) is 4.79 Å². The molecule has 0 unspecified atom stereocenters. The van der Waals surface area contributed by atoms with Crippen LogP contribution in [0.2, 0.25) is 0 Å². The van der Waals surface area contributed by atoms with Crippen molar-refractivity contribution in [2.45, 2.75) is 0 Å². The molecule has 4 N–H and O–H groups in total. The minimum absolute atomic E-state index is 0.00594. The lowest BCUT2D eigenvalue weighted by atomic mass is 10.6. The van der Waals surface area contributed by atoms with Crippen LogP contribution < -0.4 is 11.1 Å². The number of carbonyl (C=O) groups excluding carboxylic acids is 1. The molecule has 7 nitrogen and oxygen atoms in total. The normalized spacial score (nSPS) is 10.5. The van der Waals surface area contributed by atoms with Crippen molar-refractivity contribution in [1.29, 1.82) is 0 Å². The molecule has 7 heteroatoms. The summed E-state index contributed by atoms with van der Waals surface area (Å²) in [5, 5.41) is 11.0. The second kappa shape index (κ2) is 13.3. The lowest BCUT2D eigenvalue weighted by molar-refractivity contribution is -0.126. The van der Waals surface area contributed by atoms with E-state index in [2.05, 4.69) is 5.32 Å². The van der Waals surface area contributed by atoms with Gasteiger partial charge in [-0.15, -0.1) is 0 Å². The molecule has 0 aromatic carbocycles. The molecule has 1 amide bonds. The third-order valence-corrected chi connectivity index (χ3v) is 1.67. The molecule has 0 heterocycles. The number of rotatable bonds is 12. The zero-order valence-electron chi connectivity index (χ0n) is 10.0. The molecule has 0 fully saturated rings. The molecule has 0 radical (unpaired) electrons. The summed E-state index contributed by atoms with van der Waals surface area (Å²) in [5.41, 5.74) is 5.22. The molecule has 0 spiro atoms. The number of ether oxygens (including phenoxy) is 3. The number of hydrogen-bond donors (Lipinski definition) is 3. The maximum Gasteiger partial charge on any atom is 0.246 e. The Kier molecular flexibility index (Phi) is 12.8. The molecule has 0 bridgehead atoms. The highest BCUT2D eigenvalue weighted by atomic mass is 16.5. The minimum atomic E-state index is -0.198. The van der Waals surface area contributed by atoms with Crippen LogP contribution >= 0.6 is 0 Å². The molecule has 0 rings (SSSR count). The highest BCUT2D eigenvalue weighted by Gasteiger charge is 2.00. The maximum atomic E-state index is 11.2. The van der Waals surface area contributed by atoms with Crippen molar-refractivity contribution in [1.82, 2.24) is 5.32 Å². The van der Waals surface area contributed by atoms with E-state index in [-0.39, 0.29) is 25.7 Å². The molecule has 17 heavy (non-hydrogen) atoms. The fraction of sp³-hybridized carbons (Fsp3) is 0.900. The average molecular weight is 250 g/mol. The third-order valence-electron chi connectivity index (χ3n) is 1.67. The Morgan fingerprint density at radius 1 is 1.06 bits per heavy atom. The van der Waals surface area contributed by atoms with Crippen LogP contribution in [0, 0.1) is 0 Å². The summed E-state index contributed by atoms with van der Waals surface area (Å²) in [6.45, 7) is 2.85. The Labute approximate surface area is 101 Å². The molecule has 0 aliphatic rings. The molecular weight excluding hydrogens is 228 g/mol. The smallest absolute Gasteiger partial charge is 0.246 e. The van der Waals surface area contributed by atoms with Gasteiger partial charge in [0.05, 0.1) is 39.6 Å². The van der Waals surface area contributed by atoms with E-state index in [9.17, 15) is 4.79 Å². The molecule has 0 aromatic heterocycles. The molecule has 0 saturated carbocycles. The van der Waals surface area contributed by atoms with Gasteiger partial charge in [-0.05, 0) is 0 Å². The van der Waals surface area contributed by atoms with Gasteiger partial charge in [-0.2, -0.15) is 0 Å². The van der Waals surface area contributed by atoms with Gasteiger partial charge < -0.3 is 30.4 Å². The zero-order chi connectivity index (χ0) is 12.8. The number of aliphatic hydroxyl groups excluding tert-OH is 1. The summed E-state index contributed by atoms with van der Waals surface area (Å²) in [6, 6.07) is 0. The van der Waals surface area contributed by atoms with Gasteiger partial charge in [0.2, 0.25) is 5.91 Å². The Balaban J connectivity index is 3.12. The van der Waals surface area contributed by atoms with Crippen molar-refractivity contribution in [2.75, 3.05) is 59.3 Å². The van der Waals surface area contributed by atoms with Gasteiger partial charge in [0, 0.05) is 13.1 Å². The highest BCUT2D eigenvalue weighted by molar-refractivity contribution is 5.77. The molecule has 0 aliphatic heterocycles. The van der Waals surface area contributed by atoms with Crippen molar-refractivity contribution in [2.24, 2.45) is 5.73 Å². The quantitative estimate of drug-likeness (QED) is 0.350. The van der Waals surface area contributed by atoms with E-state index in [4.69, 9.17) is 25.1 Å². The van der Waals surface area contributed by atoms with Crippen LogP contribution in [0.25, 0.3) is 0 Å². The first-order chi connectivity index (χ1) is 8.31. The van der Waals surface area contributed by atoms with E-state index >= 15 is 0 Å². The molecule has 0 aliphatic carbocycles. The van der Waals surface area contributed by atoms with Crippen molar-refractivity contribution in [3.63, 3.8) is 0 Å². The zero-order valence-corrected chi connectivity index (χ0v) is 10.0. The fourth-order valence-electron chi connectivity index (χ4n) is 0.948. The van der Waals surface area contributed by atoms with Crippen molar-refractivity contribution >= 4 is 5.91 Å². The predicted octanol–water partition coefficient (Wildman–Crippen LogP) is -1.90. The van der Waals surface area contributed by atoms with E-state index in [1.54, 1.807) is 0 Å². The Morgan fingerprint density at radius 2 is 1.76 bits per heavy atom. The summed E-state index contributed by atoms with van der Waals surface area (Å²) in [5.74, 6) is -0.198. The highest BCUT2D eigenvalue weighted by Crippen LogP contribution is 1.79. The Bertz CT molecular complexity index is 180. The van der Waals surface area contributed by atoms with E-state index in [0.29, 0.717) is 39.5 Å². The topological polar surface area (TPSA) is 103 Å². The van der Waals surface area contributed by atoms with Gasteiger partial charge in [0.15, 0.2) is 0 Å². The maximum absolute atomic E-state index is 11.2. The summed E-state index contributed by atoms with van der Waals surface area (Å²) in [6.07, 6.45) is 0. The standard InChI is InChI=1S/C10H22N2O5/c11-1-4-15-7-8-17-9-10(14)12-2-5-16-6-3-13/h13H,1-9,11H2,(H,12,14). The first-order valence-electron chi connectivity index (χ1n) is 5.62. The predicted molar refractivity (Wildman–Crippen MR) is 61.6 cm³/mol. The number of carbonyl (C=O) groups is 1. The molecule has 0 atom stereocenters. The minimum Gasteiger partial charge on any atom is -0.394 e. The van der Waals surface area contributed by atoms with Crippen LogP contribution in [0.5, 0.6) is 0 Å². The van der Waals surface area contributed by atoms with Crippen LogP contribution in [-0.4, -0.2) is 70.4 Å². The number of hydrogen-bond acceptors (Lipinski definition) is 6. The van der Waals surface area contributed by atoms with Crippen LogP contribution in [-0.2, 0) is 19.0 Å². The molecule has 0 aromatic rings. The van der Waals surface area contributed by atoms with Crippen LogP contribution in [0.1, 0.15) is 0 Å². The lowest BCUT2D eigenvalue weighted by Crippen LogP contribution is -2.31. The van der Waals surface area contributed by atoms with Crippen molar-refractivity contribution < 1.29 is 24.1 Å². The molecule has 0 saturated heterocycles. The number of aliphatic hydroxyl groups is 1. The van der Waals surface area contributed by atoms with Crippen molar-refractivity contribution in [3.05, 3.63) is 0 Å². The fourth-order valence-corrected chi connectivity index (χ4v) is 0.948. The first-order valence-corrected chi connectivity index (χ1v) is 5.62. The van der Waals surface area contributed by atoms with Crippen molar-refractivity contribution in [3.8, 4) is 0 Å². The van der Waals surface area contributed by atoms with E-state index < -0.39 is 0 Å². The SMILES string of the molecule is NCCOCCOCC(=O)NCCOCCO. The van der Waals surface area contributed by atoms with Crippen LogP contribution in [0.15, 0.2) is 0 Å². The second-order valence-electron chi connectivity index (χ2n) is 3.14. The summed E-state index contributed by atoms with van der Waals surface area (Å²) in [4.78, 5) is 11.2. The largest absolute Gasteiger partial charge is 0.394 e. The molecular formula is C10H22N2O5. The van der Waals surface area contributed by atoms with Crippen LogP contribution in [0.3, 0.4) is 0 Å².